The highest BCUT2D eigenvalue weighted by atomic mass is 19.1. The van der Waals surface area contributed by atoms with Gasteiger partial charge in [-0.15, -0.1) is 0 Å². The third-order valence-corrected chi connectivity index (χ3v) is 4.35. The number of amides is 1. The second-order valence-corrected chi connectivity index (χ2v) is 6.31. The van der Waals surface area contributed by atoms with Gasteiger partial charge in [0.2, 0.25) is 5.91 Å². The summed E-state index contributed by atoms with van der Waals surface area (Å²) >= 11 is 0. The molecule has 8 heteroatoms. The lowest BCUT2D eigenvalue weighted by Gasteiger charge is -2.10. The fraction of sp³-hybridized carbons (Fsp3) is 0.100. The molecule has 0 unspecified atom stereocenters. The van der Waals surface area contributed by atoms with Gasteiger partial charge in [-0.3, -0.25) is 14.2 Å². The van der Waals surface area contributed by atoms with Crippen molar-refractivity contribution in [1.29, 1.82) is 0 Å². The second kappa shape index (κ2) is 7.07. The molecule has 0 saturated heterocycles. The average molecular weight is 377 g/mol. The van der Waals surface area contributed by atoms with E-state index >= 15 is 0 Å². The topological polar surface area (TPSA) is 81.8 Å². The van der Waals surface area contributed by atoms with Gasteiger partial charge in [0, 0.05) is 18.1 Å². The van der Waals surface area contributed by atoms with Crippen LogP contribution in [-0.2, 0) is 11.3 Å². The molecule has 2 aromatic carbocycles. The molecule has 140 valence electrons. The van der Waals surface area contributed by atoms with E-state index in [-0.39, 0.29) is 23.5 Å². The van der Waals surface area contributed by atoms with Crippen LogP contribution in [0.2, 0.25) is 0 Å². The summed E-state index contributed by atoms with van der Waals surface area (Å²) < 4.78 is 16.9. The summed E-state index contributed by atoms with van der Waals surface area (Å²) in [5.74, 6) is -0.983. The molecule has 0 fully saturated rings. The van der Waals surface area contributed by atoms with E-state index in [1.165, 1.54) is 27.7 Å². The fourth-order valence-corrected chi connectivity index (χ4v) is 2.99. The Bertz CT molecular complexity index is 1230. The van der Waals surface area contributed by atoms with E-state index in [1.54, 1.807) is 36.7 Å². The van der Waals surface area contributed by atoms with Crippen LogP contribution >= 0.6 is 0 Å². The number of halogens is 1. The molecule has 4 rings (SSSR count). The first-order valence-electron chi connectivity index (χ1n) is 8.57. The number of carbonyl (C=O) groups is 1. The zero-order chi connectivity index (χ0) is 19.7. The minimum absolute atomic E-state index is 0.224. The number of nitrogens with zero attached hydrogens (tertiary/aromatic N) is 4. The molecule has 7 nitrogen and oxygen atoms in total. The number of anilines is 1. The first kappa shape index (κ1) is 17.6. The Balaban J connectivity index is 1.54. The molecule has 2 heterocycles. The zero-order valence-electron chi connectivity index (χ0n) is 15.0. The van der Waals surface area contributed by atoms with E-state index in [1.807, 2.05) is 13.0 Å². The number of rotatable bonds is 4. The quantitative estimate of drug-likeness (QED) is 0.593. The van der Waals surface area contributed by atoms with Crippen molar-refractivity contribution in [3.8, 4) is 5.69 Å². The van der Waals surface area contributed by atoms with Gasteiger partial charge >= 0.3 is 0 Å². The highest BCUT2D eigenvalue weighted by Crippen LogP contribution is 2.18. The maximum atomic E-state index is 14.3. The number of nitrogens with one attached hydrogen (secondary N) is 1. The summed E-state index contributed by atoms with van der Waals surface area (Å²) in [7, 11) is 0. The largest absolute Gasteiger partial charge is 0.324 e. The van der Waals surface area contributed by atoms with Crippen molar-refractivity contribution in [3.05, 3.63) is 82.9 Å². The molecule has 0 bridgehead atoms. The Kier molecular flexibility index (Phi) is 4.44. The molecule has 0 saturated carbocycles. The molecule has 0 aliphatic heterocycles. The van der Waals surface area contributed by atoms with Crippen LogP contribution < -0.4 is 10.9 Å². The Morgan fingerprint density at radius 3 is 2.82 bits per heavy atom. The Morgan fingerprint density at radius 1 is 1.21 bits per heavy atom. The number of carbonyl (C=O) groups excluding carboxylic acids is 1. The van der Waals surface area contributed by atoms with E-state index in [0.29, 0.717) is 10.9 Å². The average Bonchev–Trinajstić information content (AvgIpc) is 3.19. The Morgan fingerprint density at radius 2 is 2.07 bits per heavy atom. The van der Waals surface area contributed by atoms with Crippen molar-refractivity contribution in [2.45, 2.75) is 13.5 Å². The van der Waals surface area contributed by atoms with Gasteiger partial charge in [-0.2, -0.15) is 5.10 Å². The van der Waals surface area contributed by atoms with E-state index in [4.69, 9.17) is 0 Å². The van der Waals surface area contributed by atoms with Crippen LogP contribution in [-0.4, -0.2) is 25.2 Å². The van der Waals surface area contributed by atoms with Crippen molar-refractivity contribution in [2.24, 2.45) is 0 Å². The first-order valence-corrected chi connectivity index (χ1v) is 8.57. The second-order valence-electron chi connectivity index (χ2n) is 6.31. The summed E-state index contributed by atoms with van der Waals surface area (Å²) in [6.45, 7) is 1.64. The SMILES string of the molecule is Cc1cccc2c(=O)n(CC(=O)Nc3ccc(-n4cccn4)c(F)c3)cnc12. The Hall–Kier alpha value is -3.81. The normalized spacial score (nSPS) is 10.9. The molecule has 0 aliphatic rings. The van der Waals surface area contributed by atoms with Gasteiger partial charge in [0.15, 0.2) is 5.82 Å². The lowest BCUT2D eigenvalue weighted by atomic mass is 10.1. The molecule has 1 amide bonds. The van der Waals surface area contributed by atoms with Gasteiger partial charge in [0.1, 0.15) is 12.2 Å². The van der Waals surface area contributed by atoms with E-state index in [0.717, 1.165) is 5.56 Å². The number of aryl methyl sites for hydroxylation is 1. The minimum atomic E-state index is -0.526. The van der Waals surface area contributed by atoms with Crippen LogP contribution in [0.5, 0.6) is 0 Å². The highest BCUT2D eigenvalue weighted by Gasteiger charge is 2.11. The third-order valence-electron chi connectivity index (χ3n) is 4.35. The summed E-state index contributed by atoms with van der Waals surface area (Å²) in [5.41, 5.74) is 1.76. The molecular weight excluding hydrogens is 361 g/mol. The molecule has 0 atom stereocenters. The summed E-state index contributed by atoms with van der Waals surface area (Å²) in [6.07, 6.45) is 4.52. The van der Waals surface area contributed by atoms with Gasteiger partial charge < -0.3 is 5.32 Å². The summed E-state index contributed by atoms with van der Waals surface area (Å²) in [5, 5.41) is 7.02. The number of aromatic nitrogens is 4. The van der Waals surface area contributed by atoms with Crippen molar-refractivity contribution in [3.63, 3.8) is 0 Å². The molecule has 28 heavy (non-hydrogen) atoms. The molecule has 0 radical (unpaired) electrons. The van der Waals surface area contributed by atoms with Crippen LogP contribution in [0.15, 0.2) is 66.0 Å². The molecular formula is C20H16FN5O2. The van der Waals surface area contributed by atoms with Crippen molar-refractivity contribution in [1.82, 2.24) is 19.3 Å². The number of hydrogen-bond donors (Lipinski definition) is 1. The zero-order valence-corrected chi connectivity index (χ0v) is 15.0. The Labute approximate surface area is 159 Å². The van der Waals surface area contributed by atoms with E-state index in [9.17, 15) is 14.0 Å². The smallest absolute Gasteiger partial charge is 0.261 e. The number of benzene rings is 2. The summed E-state index contributed by atoms with van der Waals surface area (Å²) in [4.78, 5) is 29.2. The van der Waals surface area contributed by atoms with Crippen molar-refractivity contribution >= 4 is 22.5 Å². The predicted octanol–water partition coefficient (Wildman–Crippen LogP) is 2.67. The van der Waals surface area contributed by atoms with Crippen LogP contribution in [0.4, 0.5) is 10.1 Å². The van der Waals surface area contributed by atoms with Crippen LogP contribution in [0, 0.1) is 12.7 Å². The standard InChI is InChI=1S/C20H16FN5O2/c1-13-4-2-5-15-19(13)22-12-25(20(15)28)11-18(27)24-14-6-7-17(16(21)10-14)26-9-3-8-23-26/h2-10,12H,11H2,1H3,(H,24,27). The van der Waals surface area contributed by atoms with Crippen LogP contribution in [0.25, 0.3) is 16.6 Å². The lowest BCUT2D eigenvalue weighted by molar-refractivity contribution is -0.116. The van der Waals surface area contributed by atoms with Crippen LogP contribution in [0.1, 0.15) is 5.56 Å². The van der Waals surface area contributed by atoms with E-state index in [2.05, 4.69) is 15.4 Å². The molecule has 2 aromatic heterocycles. The maximum Gasteiger partial charge on any atom is 0.261 e. The predicted molar refractivity (Wildman–Crippen MR) is 103 cm³/mol. The van der Waals surface area contributed by atoms with Gasteiger partial charge in [0.05, 0.1) is 17.2 Å². The van der Waals surface area contributed by atoms with Gasteiger partial charge in [-0.25, -0.2) is 14.1 Å². The first-order chi connectivity index (χ1) is 13.5. The number of hydrogen-bond acceptors (Lipinski definition) is 4. The van der Waals surface area contributed by atoms with Gasteiger partial charge in [-0.05, 0) is 42.8 Å². The molecule has 0 aliphatic carbocycles. The third kappa shape index (κ3) is 3.27. The maximum absolute atomic E-state index is 14.3. The fourth-order valence-electron chi connectivity index (χ4n) is 2.99. The molecule has 1 N–H and O–H groups in total. The minimum Gasteiger partial charge on any atom is -0.324 e. The lowest BCUT2D eigenvalue weighted by Crippen LogP contribution is -2.28. The van der Waals surface area contributed by atoms with Crippen molar-refractivity contribution < 1.29 is 9.18 Å². The van der Waals surface area contributed by atoms with Crippen LogP contribution in [0.3, 0.4) is 0 Å². The summed E-state index contributed by atoms with van der Waals surface area (Å²) in [6, 6.07) is 11.3. The van der Waals surface area contributed by atoms with Gasteiger partial charge in [-0.1, -0.05) is 12.1 Å². The highest BCUT2D eigenvalue weighted by molar-refractivity contribution is 5.91. The van der Waals surface area contributed by atoms with Gasteiger partial charge in [0.25, 0.3) is 5.56 Å². The van der Waals surface area contributed by atoms with E-state index < -0.39 is 11.7 Å². The number of para-hydroxylation sites is 1. The van der Waals surface area contributed by atoms with Crippen molar-refractivity contribution in [2.75, 3.05) is 5.32 Å². The molecule has 4 aromatic rings. The molecule has 0 spiro atoms. The monoisotopic (exact) mass is 377 g/mol. The number of fused-ring (bicyclic) bond motifs is 1.